The van der Waals surface area contributed by atoms with Crippen LogP contribution in [-0.4, -0.2) is 28.2 Å². The molecule has 0 saturated carbocycles. The zero-order chi connectivity index (χ0) is 22.1. The summed E-state index contributed by atoms with van der Waals surface area (Å²) in [5.41, 5.74) is 3.01. The quantitative estimate of drug-likeness (QED) is 0.430. The minimum atomic E-state index is -0.340. The van der Waals surface area contributed by atoms with Crippen molar-refractivity contribution < 1.29 is 14.0 Å². The third-order valence-corrected chi connectivity index (χ3v) is 6.97. The molecule has 7 heteroatoms. The molecule has 2 aromatic heterocycles. The SMILES string of the molecule is Cc1ccc(C(=O)N2CCCC[C@@H]2c2nc3ccccc3s2)cc1NC(=O)c1ccco1. The van der Waals surface area contributed by atoms with Crippen LogP contribution in [0.2, 0.25) is 0 Å². The van der Waals surface area contributed by atoms with E-state index in [1.54, 1.807) is 29.5 Å². The lowest BCUT2D eigenvalue weighted by atomic mass is 10.0. The van der Waals surface area contributed by atoms with Crippen LogP contribution >= 0.6 is 11.3 Å². The van der Waals surface area contributed by atoms with Crippen LogP contribution in [0.25, 0.3) is 10.2 Å². The molecule has 0 radical (unpaired) electrons. The molecule has 162 valence electrons. The van der Waals surface area contributed by atoms with E-state index in [2.05, 4.69) is 11.4 Å². The lowest BCUT2D eigenvalue weighted by Crippen LogP contribution is -2.38. The molecular formula is C25H23N3O3S. The molecule has 32 heavy (non-hydrogen) atoms. The Morgan fingerprint density at radius 2 is 2.00 bits per heavy atom. The second-order valence-corrected chi connectivity index (χ2v) is 9.05. The summed E-state index contributed by atoms with van der Waals surface area (Å²) in [6.45, 7) is 2.60. The smallest absolute Gasteiger partial charge is 0.291 e. The summed E-state index contributed by atoms with van der Waals surface area (Å²) in [6, 6.07) is 16.8. The van der Waals surface area contributed by atoms with Gasteiger partial charge in [0.1, 0.15) is 5.01 Å². The standard InChI is InChI=1S/C25H23N3O3S/c1-16-11-12-17(15-19(16)26-23(29)21-9-6-14-31-21)25(30)28-13-5-4-8-20(28)24-27-18-7-2-3-10-22(18)32-24/h2-3,6-7,9-12,14-15,20H,4-5,8,13H2,1H3,(H,26,29)/t20-/m1/s1. The first-order valence-electron chi connectivity index (χ1n) is 10.7. The summed E-state index contributed by atoms with van der Waals surface area (Å²) < 4.78 is 6.31. The summed E-state index contributed by atoms with van der Waals surface area (Å²) in [7, 11) is 0. The first-order chi connectivity index (χ1) is 15.6. The van der Waals surface area contributed by atoms with Gasteiger partial charge in [0.15, 0.2) is 5.76 Å². The molecule has 5 rings (SSSR count). The second kappa shape index (κ2) is 8.59. The van der Waals surface area contributed by atoms with Crippen molar-refractivity contribution in [3.63, 3.8) is 0 Å². The van der Waals surface area contributed by atoms with E-state index >= 15 is 0 Å². The van der Waals surface area contributed by atoms with E-state index in [1.807, 2.05) is 42.2 Å². The van der Waals surface area contributed by atoms with Gasteiger partial charge in [0.05, 0.1) is 22.5 Å². The van der Waals surface area contributed by atoms with E-state index in [-0.39, 0.29) is 23.6 Å². The molecule has 6 nitrogen and oxygen atoms in total. The third kappa shape index (κ3) is 3.91. The highest BCUT2D eigenvalue weighted by Crippen LogP contribution is 2.36. The average molecular weight is 446 g/mol. The molecular weight excluding hydrogens is 422 g/mol. The maximum Gasteiger partial charge on any atom is 0.291 e. The third-order valence-electron chi connectivity index (χ3n) is 5.84. The van der Waals surface area contributed by atoms with Crippen LogP contribution in [0.15, 0.2) is 65.3 Å². The predicted molar refractivity (Wildman–Crippen MR) is 125 cm³/mol. The number of carbonyl (C=O) groups is 2. The lowest BCUT2D eigenvalue weighted by molar-refractivity contribution is 0.0611. The van der Waals surface area contributed by atoms with Gasteiger partial charge in [-0.15, -0.1) is 11.3 Å². The van der Waals surface area contributed by atoms with Crippen LogP contribution in [0.1, 0.15) is 56.8 Å². The molecule has 3 heterocycles. The van der Waals surface area contributed by atoms with Gasteiger partial charge in [0, 0.05) is 17.8 Å². The Bertz CT molecular complexity index is 1250. The van der Waals surface area contributed by atoms with Crippen molar-refractivity contribution in [1.29, 1.82) is 0 Å². The number of thiazole rings is 1. The van der Waals surface area contributed by atoms with Crippen LogP contribution in [-0.2, 0) is 0 Å². The van der Waals surface area contributed by atoms with Crippen LogP contribution in [0, 0.1) is 6.92 Å². The fraction of sp³-hybridized carbons (Fsp3) is 0.240. The first kappa shape index (κ1) is 20.5. The minimum absolute atomic E-state index is 0.0314. The number of furan rings is 1. The molecule has 1 aliphatic rings. The van der Waals surface area contributed by atoms with E-state index in [0.29, 0.717) is 17.8 Å². The molecule has 0 bridgehead atoms. The number of hydrogen-bond donors (Lipinski definition) is 1. The number of amides is 2. The zero-order valence-electron chi connectivity index (χ0n) is 17.7. The van der Waals surface area contributed by atoms with E-state index in [9.17, 15) is 9.59 Å². The van der Waals surface area contributed by atoms with Gasteiger partial charge >= 0.3 is 0 Å². The van der Waals surface area contributed by atoms with Gasteiger partial charge in [-0.05, 0) is 68.1 Å². The maximum atomic E-state index is 13.5. The number of fused-ring (bicyclic) bond motifs is 1. The van der Waals surface area contributed by atoms with Crippen LogP contribution < -0.4 is 5.32 Å². The monoisotopic (exact) mass is 445 g/mol. The number of aromatic nitrogens is 1. The molecule has 0 unspecified atom stereocenters. The van der Waals surface area contributed by atoms with E-state index in [0.717, 1.165) is 40.1 Å². The minimum Gasteiger partial charge on any atom is -0.459 e. The van der Waals surface area contributed by atoms with E-state index < -0.39 is 0 Å². The number of hydrogen-bond acceptors (Lipinski definition) is 5. The number of anilines is 1. The Morgan fingerprint density at radius 3 is 2.81 bits per heavy atom. The van der Waals surface area contributed by atoms with Gasteiger partial charge in [-0.25, -0.2) is 4.98 Å². The molecule has 4 aromatic rings. The highest BCUT2D eigenvalue weighted by atomic mass is 32.1. The van der Waals surface area contributed by atoms with Crippen LogP contribution in [0.4, 0.5) is 5.69 Å². The van der Waals surface area contributed by atoms with Crippen molar-refractivity contribution >= 4 is 39.1 Å². The number of nitrogens with one attached hydrogen (secondary N) is 1. The van der Waals surface area contributed by atoms with Gasteiger partial charge in [-0.1, -0.05) is 18.2 Å². The van der Waals surface area contributed by atoms with Crippen molar-refractivity contribution in [2.75, 3.05) is 11.9 Å². The first-order valence-corrected chi connectivity index (χ1v) is 11.5. The number of para-hydroxylation sites is 1. The number of likely N-dealkylation sites (tertiary alicyclic amines) is 1. The number of rotatable bonds is 4. The van der Waals surface area contributed by atoms with Crippen molar-refractivity contribution in [2.45, 2.75) is 32.2 Å². The molecule has 1 saturated heterocycles. The number of aryl methyl sites for hydroxylation is 1. The summed E-state index contributed by atoms with van der Waals surface area (Å²) in [5, 5.41) is 3.84. The summed E-state index contributed by atoms with van der Waals surface area (Å²) in [6.07, 6.45) is 4.41. The highest BCUT2D eigenvalue weighted by Gasteiger charge is 2.31. The molecule has 1 atom stereocenters. The largest absolute Gasteiger partial charge is 0.459 e. The van der Waals surface area contributed by atoms with Gasteiger partial charge in [0.25, 0.3) is 11.8 Å². The van der Waals surface area contributed by atoms with Crippen molar-refractivity contribution in [3.05, 3.63) is 82.8 Å². The summed E-state index contributed by atoms with van der Waals surface area (Å²) in [4.78, 5) is 32.7. The van der Waals surface area contributed by atoms with E-state index in [4.69, 9.17) is 9.40 Å². The molecule has 1 N–H and O–H groups in total. The molecule has 1 aliphatic heterocycles. The predicted octanol–water partition coefficient (Wildman–Crippen LogP) is 5.82. The summed E-state index contributed by atoms with van der Waals surface area (Å²) >= 11 is 1.66. The Morgan fingerprint density at radius 1 is 1.12 bits per heavy atom. The summed E-state index contributed by atoms with van der Waals surface area (Å²) in [5.74, 6) is -0.150. The fourth-order valence-electron chi connectivity index (χ4n) is 4.11. The van der Waals surface area contributed by atoms with Crippen molar-refractivity contribution in [1.82, 2.24) is 9.88 Å². The van der Waals surface area contributed by atoms with Gasteiger partial charge < -0.3 is 14.6 Å². The molecule has 0 spiro atoms. The number of carbonyl (C=O) groups excluding carboxylic acids is 2. The average Bonchev–Trinajstić information content (AvgIpc) is 3.50. The lowest BCUT2D eigenvalue weighted by Gasteiger charge is -2.34. The van der Waals surface area contributed by atoms with Gasteiger partial charge in [0.2, 0.25) is 0 Å². The Labute approximate surface area is 189 Å². The van der Waals surface area contributed by atoms with Crippen molar-refractivity contribution in [2.24, 2.45) is 0 Å². The van der Waals surface area contributed by atoms with E-state index in [1.165, 1.54) is 6.26 Å². The Balaban J connectivity index is 1.42. The van der Waals surface area contributed by atoms with Gasteiger partial charge in [-0.3, -0.25) is 9.59 Å². The number of benzene rings is 2. The normalized spacial score (nSPS) is 16.3. The fourth-order valence-corrected chi connectivity index (χ4v) is 5.23. The second-order valence-electron chi connectivity index (χ2n) is 7.99. The molecule has 2 amide bonds. The zero-order valence-corrected chi connectivity index (χ0v) is 18.5. The van der Waals surface area contributed by atoms with Crippen LogP contribution in [0.5, 0.6) is 0 Å². The Kier molecular flexibility index (Phi) is 5.49. The van der Waals surface area contributed by atoms with Gasteiger partial charge in [-0.2, -0.15) is 0 Å². The number of piperidine rings is 1. The Hall–Kier alpha value is -3.45. The number of nitrogens with zero attached hydrogens (tertiary/aromatic N) is 2. The van der Waals surface area contributed by atoms with Crippen molar-refractivity contribution in [3.8, 4) is 0 Å². The molecule has 2 aromatic carbocycles. The van der Waals surface area contributed by atoms with Crippen LogP contribution in [0.3, 0.4) is 0 Å². The topological polar surface area (TPSA) is 75.4 Å². The molecule has 0 aliphatic carbocycles. The highest BCUT2D eigenvalue weighted by molar-refractivity contribution is 7.18. The molecule has 1 fully saturated rings. The maximum absolute atomic E-state index is 13.5.